The summed E-state index contributed by atoms with van der Waals surface area (Å²) in [6.07, 6.45) is 0.808. The molecule has 2 heterocycles. The maximum atomic E-state index is 5.58. The lowest BCUT2D eigenvalue weighted by Crippen LogP contribution is -2.40. The van der Waals surface area contributed by atoms with E-state index in [0.29, 0.717) is 11.8 Å². The van der Waals surface area contributed by atoms with Crippen molar-refractivity contribution in [2.75, 3.05) is 0 Å². The topological polar surface area (TPSA) is 31.0 Å². The normalized spacial score (nSPS) is 43.8. The van der Waals surface area contributed by atoms with E-state index in [4.69, 9.17) is 14.5 Å². The fraction of sp³-hybridized carbons (Fsp3) is 1.00. The Labute approximate surface area is 79.3 Å². The maximum Gasteiger partial charge on any atom is 0.124 e. The molecular weight excluding hydrogens is 168 g/mol. The lowest BCUT2D eigenvalue weighted by atomic mass is 9.95. The van der Waals surface area contributed by atoms with Crippen LogP contribution >= 0.6 is 0 Å². The molecule has 0 unspecified atom stereocenters. The third-order valence-corrected chi connectivity index (χ3v) is 2.80. The zero-order chi connectivity index (χ0) is 9.59. The second-order valence-electron chi connectivity index (χ2n) is 4.68. The smallest absolute Gasteiger partial charge is 0.124 e. The fourth-order valence-electron chi connectivity index (χ4n) is 1.88. The number of ether oxygens (including phenoxy) is 1. The van der Waals surface area contributed by atoms with E-state index in [9.17, 15) is 0 Å². The quantitative estimate of drug-likeness (QED) is 0.486. The van der Waals surface area contributed by atoms with Gasteiger partial charge in [-0.3, -0.25) is 0 Å². The van der Waals surface area contributed by atoms with Crippen LogP contribution in [0.3, 0.4) is 0 Å². The average Bonchev–Trinajstić information content (AvgIpc) is 2.79. The third-order valence-electron chi connectivity index (χ3n) is 2.80. The Balaban J connectivity index is 1.95. The largest absolute Gasteiger partial charge is 0.364 e. The van der Waals surface area contributed by atoms with E-state index < -0.39 is 0 Å². The first kappa shape index (κ1) is 9.44. The summed E-state index contributed by atoms with van der Waals surface area (Å²) in [5, 5.41) is 0. The van der Waals surface area contributed by atoms with Crippen LogP contribution in [0.15, 0.2) is 0 Å². The minimum Gasteiger partial charge on any atom is -0.364 e. The Bertz CT molecular complexity index is 171. The summed E-state index contributed by atoms with van der Waals surface area (Å²) < 4.78 is 5.58. The molecule has 4 atom stereocenters. The predicted octanol–water partition coefficient (Wildman–Crippen LogP) is 1.76. The van der Waals surface area contributed by atoms with E-state index in [1.54, 1.807) is 0 Å². The van der Waals surface area contributed by atoms with Gasteiger partial charge in [0.1, 0.15) is 24.4 Å². The van der Waals surface area contributed by atoms with E-state index in [2.05, 4.69) is 27.7 Å². The Morgan fingerprint density at radius 2 is 1.15 bits per heavy atom. The number of epoxide rings is 1. The van der Waals surface area contributed by atoms with E-state index in [1.807, 2.05) is 0 Å². The third kappa shape index (κ3) is 1.60. The number of rotatable bonds is 2. The molecule has 0 N–H and O–H groups in total. The Hall–Kier alpha value is -0.120. The van der Waals surface area contributed by atoms with E-state index in [0.717, 1.165) is 0 Å². The number of hydrogen-bond donors (Lipinski definition) is 0. The molecule has 0 bridgehead atoms. The molecule has 2 saturated heterocycles. The molecule has 0 aliphatic carbocycles. The van der Waals surface area contributed by atoms with Crippen LogP contribution in [-0.2, 0) is 14.5 Å². The van der Waals surface area contributed by atoms with E-state index in [-0.39, 0.29) is 24.4 Å². The summed E-state index contributed by atoms with van der Waals surface area (Å²) in [5.41, 5.74) is 0. The van der Waals surface area contributed by atoms with Gasteiger partial charge in [-0.15, -0.1) is 0 Å². The summed E-state index contributed by atoms with van der Waals surface area (Å²) in [6.45, 7) is 8.51. The molecule has 0 aromatic heterocycles. The molecule has 0 amide bonds. The highest BCUT2D eigenvalue weighted by molar-refractivity contribution is 4.99. The van der Waals surface area contributed by atoms with Crippen molar-refractivity contribution < 1.29 is 14.5 Å². The second kappa shape index (κ2) is 3.23. The summed E-state index contributed by atoms with van der Waals surface area (Å²) in [6, 6.07) is 0. The van der Waals surface area contributed by atoms with Crippen molar-refractivity contribution in [3.8, 4) is 0 Å². The van der Waals surface area contributed by atoms with Crippen molar-refractivity contribution in [1.82, 2.24) is 0 Å². The second-order valence-corrected chi connectivity index (χ2v) is 4.68. The van der Waals surface area contributed by atoms with Crippen molar-refractivity contribution >= 4 is 0 Å². The highest BCUT2D eigenvalue weighted by atomic mass is 17.2. The van der Waals surface area contributed by atoms with Gasteiger partial charge in [-0.25, -0.2) is 9.78 Å². The Kier molecular flexibility index (Phi) is 2.34. The molecule has 0 spiro atoms. The molecule has 3 nitrogen and oxygen atoms in total. The lowest BCUT2D eigenvalue weighted by Gasteiger charge is -2.28. The van der Waals surface area contributed by atoms with Gasteiger partial charge in [0, 0.05) is 0 Å². The van der Waals surface area contributed by atoms with E-state index >= 15 is 0 Å². The van der Waals surface area contributed by atoms with Gasteiger partial charge in [0.15, 0.2) is 0 Å². The van der Waals surface area contributed by atoms with Gasteiger partial charge in [0.2, 0.25) is 0 Å². The molecule has 0 aromatic rings. The molecule has 13 heavy (non-hydrogen) atoms. The predicted molar refractivity (Wildman–Crippen MR) is 48.1 cm³/mol. The first-order valence-corrected chi connectivity index (χ1v) is 5.09. The van der Waals surface area contributed by atoms with Crippen molar-refractivity contribution in [3.05, 3.63) is 0 Å². The Morgan fingerprint density at radius 3 is 1.46 bits per heavy atom. The molecule has 2 fully saturated rings. The van der Waals surface area contributed by atoms with Crippen molar-refractivity contribution in [2.24, 2.45) is 11.8 Å². The monoisotopic (exact) mass is 186 g/mol. The van der Waals surface area contributed by atoms with Gasteiger partial charge in [-0.2, -0.15) is 0 Å². The van der Waals surface area contributed by atoms with Crippen LogP contribution in [0.4, 0.5) is 0 Å². The molecule has 2 aliphatic rings. The van der Waals surface area contributed by atoms with Crippen LogP contribution < -0.4 is 0 Å². The van der Waals surface area contributed by atoms with Crippen molar-refractivity contribution in [2.45, 2.75) is 52.1 Å². The molecule has 0 saturated carbocycles. The lowest BCUT2D eigenvalue weighted by molar-refractivity contribution is -0.377. The number of hydrogen-bond acceptors (Lipinski definition) is 3. The van der Waals surface area contributed by atoms with Crippen LogP contribution in [0.2, 0.25) is 0 Å². The first-order valence-electron chi connectivity index (χ1n) is 5.09. The highest BCUT2D eigenvalue weighted by Crippen LogP contribution is 2.41. The van der Waals surface area contributed by atoms with Crippen LogP contribution in [0, 0.1) is 11.8 Å². The molecule has 0 radical (unpaired) electrons. The van der Waals surface area contributed by atoms with Crippen LogP contribution in [0.1, 0.15) is 27.7 Å². The van der Waals surface area contributed by atoms with Gasteiger partial charge in [-0.05, 0) is 11.8 Å². The first-order chi connectivity index (χ1) is 6.11. The average molecular weight is 186 g/mol. The molecule has 0 aromatic carbocycles. The van der Waals surface area contributed by atoms with Gasteiger partial charge >= 0.3 is 0 Å². The minimum atomic E-state index is 0.125. The van der Waals surface area contributed by atoms with Crippen molar-refractivity contribution in [3.63, 3.8) is 0 Å². The molecule has 3 heteroatoms. The van der Waals surface area contributed by atoms with Gasteiger partial charge in [0.05, 0.1) is 0 Å². The van der Waals surface area contributed by atoms with Crippen LogP contribution in [-0.4, -0.2) is 24.4 Å². The minimum absolute atomic E-state index is 0.125. The standard InChI is InChI=1S/C10H18O3/c1-5(2)7-9-10(11-9)8(6(3)4)13-12-7/h5-10H,1-4H3/t7-,8+,9+,10-. The fourth-order valence-corrected chi connectivity index (χ4v) is 1.88. The zero-order valence-corrected chi connectivity index (χ0v) is 8.69. The van der Waals surface area contributed by atoms with Crippen LogP contribution in [0.5, 0.6) is 0 Å². The molecular formula is C10H18O3. The molecule has 76 valence electrons. The van der Waals surface area contributed by atoms with E-state index in [1.165, 1.54) is 0 Å². The summed E-state index contributed by atoms with van der Waals surface area (Å²) in [7, 11) is 0. The van der Waals surface area contributed by atoms with Gasteiger partial charge < -0.3 is 4.74 Å². The zero-order valence-electron chi connectivity index (χ0n) is 8.69. The molecule has 2 rings (SSSR count). The molecule has 2 aliphatic heterocycles. The number of fused-ring (bicyclic) bond motifs is 1. The SMILES string of the molecule is CC(C)[C@H]1OO[C@@H](C(C)C)[C@H]2O[C@H]21. The van der Waals surface area contributed by atoms with Gasteiger partial charge in [-0.1, -0.05) is 27.7 Å². The van der Waals surface area contributed by atoms with Crippen LogP contribution in [0.25, 0.3) is 0 Å². The summed E-state index contributed by atoms with van der Waals surface area (Å²) in [5.74, 6) is 0.922. The maximum absolute atomic E-state index is 5.58. The Morgan fingerprint density at radius 1 is 0.769 bits per heavy atom. The highest BCUT2D eigenvalue weighted by Gasteiger charge is 2.56. The van der Waals surface area contributed by atoms with Gasteiger partial charge in [0.25, 0.3) is 0 Å². The summed E-state index contributed by atoms with van der Waals surface area (Å²) in [4.78, 5) is 10.7. The van der Waals surface area contributed by atoms with Crippen molar-refractivity contribution in [1.29, 1.82) is 0 Å². The summed E-state index contributed by atoms with van der Waals surface area (Å²) >= 11 is 0.